The number of benzene rings is 2. The van der Waals surface area contributed by atoms with Crippen LogP contribution in [0.4, 0.5) is 0 Å². The molecule has 5 nitrogen and oxygen atoms in total. The maximum absolute atomic E-state index is 6.11. The molecular formula is C22H30IN3O2. The van der Waals surface area contributed by atoms with Gasteiger partial charge in [-0.05, 0) is 37.1 Å². The van der Waals surface area contributed by atoms with Gasteiger partial charge in [0.05, 0.1) is 6.61 Å². The third kappa shape index (κ3) is 6.38. The molecule has 0 bridgehead atoms. The van der Waals surface area contributed by atoms with E-state index in [9.17, 15) is 0 Å². The molecule has 0 spiro atoms. The average Bonchev–Trinajstić information content (AvgIpc) is 3.16. The molecule has 6 heteroatoms. The summed E-state index contributed by atoms with van der Waals surface area (Å²) < 4.78 is 11.6. The van der Waals surface area contributed by atoms with Crippen molar-refractivity contribution >= 4 is 29.9 Å². The molecule has 1 heterocycles. The quantitative estimate of drug-likeness (QED) is 0.366. The predicted molar refractivity (Wildman–Crippen MR) is 125 cm³/mol. The number of para-hydroxylation sites is 1. The Morgan fingerprint density at radius 1 is 1.25 bits per heavy atom. The molecule has 2 aromatic rings. The fraction of sp³-hybridized carbons (Fsp3) is 0.409. The maximum Gasteiger partial charge on any atom is 0.193 e. The van der Waals surface area contributed by atoms with Crippen molar-refractivity contribution in [1.82, 2.24) is 10.2 Å². The first-order chi connectivity index (χ1) is 13.2. The summed E-state index contributed by atoms with van der Waals surface area (Å²) in [7, 11) is 3.89. The van der Waals surface area contributed by atoms with Crippen molar-refractivity contribution in [2.24, 2.45) is 10.9 Å². The summed E-state index contributed by atoms with van der Waals surface area (Å²) in [5, 5.41) is 3.45. The van der Waals surface area contributed by atoms with Gasteiger partial charge in [-0.3, -0.25) is 4.99 Å². The lowest BCUT2D eigenvalue weighted by atomic mass is 10.1. The molecule has 2 aromatic carbocycles. The highest BCUT2D eigenvalue weighted by atomic mass is 127. The second-order valence-electron chi connectivity index (χ2n) is 7.04. The molecule has 28 heavy (non-hydrogen) atoms. The number of halogens is 1. The van der Waals surface area contributed by atoms with Gasteiger partial charge < -0.3 is 19.7 Å². The van der Waals surface area contributed by atoms with E-state index in [4.69, 9.17) is 9.47 Å². The van der Waals surface area contributed by atoms with E-state index in [0.717, 1.165) is 49.2 Å². The molecule has 0 aromatic heterocycles. The Morgan fingerprint density at radius 2 is 2.07 bits per heavy atom. The average molecular weight is 495 g/mol. The van der Waals surface area contributed by atoms with Crippen LogP contribution in [0.15, 0.2) is 53.5 Å². The van der Waals surface area contributed by atoms with Gasteiger partial charge in [0.2, 0.25) is 0 Å². The van der Waals surface area contributed by atoms with Crippen LogP contribution >= 0.6 is 24.0 Å². The molecule has 152 valence electrons. The molecule has 1 fully saturated rings. The van der Waals surface area contributed by atoms with Crippen LogP contribution in [-0.2, 0) is 11.3 Å². The van der Waals surface area contributed by atoms with Crippen LogP contribution < -0.4 is 10.1 Å². The molecule has 3 rings (SSSR count). The molecule has 1 saturated heterocycles. The number of ether oxygens (including phenoxy) is 2. The normalized spacial score (nSPS) is 16.4. The second-order valence-corrected chi connectivity index (χ2v) is 7.04. The summed E-state index contributed by atoms with van der Waals surface area (Å²) in [6, 6.07) is 16.2. The molecule has 0 radical (unpaired) electrons. The van der Waals surface area contributed by atoms with E-state index in [1.165, 1.54) is 5.56 Å². The molecule has 1 aliphatic heterocycles. The maximum atomic E-state index is 6.11. The summed E-state index contributed by atoms with van der Waals surface area (Å²) in [5.74, 6) is 3.17. The summed E-state index contributed by atoms with van der Waals surface area (Å²) >= 11 is 0. The van der Waals surface area contributed by atoms with E-state index in [1.807, 2.05) is 43.4 Å². The smallest absolute Gasteiger partial charge is 0.193 e. The van der Waals surface area contributed by atoms with E-state index in [-0.39, 0.29) is 24.0 Å². The van der Waals surface area contributed by atoms with Gasteiger partial charge in [-0.15, -0.1) is 24.0 Å². The van der Waals surface area contributed by atoms with Crippen LogP contribution in [-0.4, -0.2) is 44.7 Å². The lowest BCUT2D eigenvalue weighted by Gasteiger charge is -2.24. The predicted octanol–water partition coefficient (Wildman–Crippen LogP) is 4.45. The number of aliphatic imine (C=N–C) groups is 1. The van der Waals surface area contributed by atoms with Crippen molar-refractivity contribution in [1.29, 1.82) is 0 Å². The van der Waals surface area contributed by atoms with Gasteiger partial charge in [-0.2, -0.15) is 0 Å². The van der Waals surface area contributed by atoms with Crippen molar-refractivity contribution in [3.8, 4) is 11.5 Å². The van der Waals surface area contributed by atoms with E-state index >= 15 is 0 Å². The highest BCUT2D eigenvalue weighted by Crippen LogP contribution is 2.25. The standard InChI is InChI=1S/C22H29N3O2.HI/c1-17-7-6-9-20(13-17)27-21-10-5-4-8-19(21)14-24-22(23-2)25(3)15-18-11-12-26-16-18;/h4-10,13,18H,11-12,14-16H2,1-3H3,(H,23,24);1H. The van der Waals surface area contributed by atoms with Gasteiger partial charge in [-0.25, -0.2) is 0 Å². The zero-order valence-electron chi connectivity index (χ0n) is 16.9. The molecule has 0 saturated carbocycles. The highest BCUT2D eigenvalue weighted by Gasteiger charge is 2.19. The van der Waals surface area contributed by atoms with Gasteiger partial charge in [0.1, 0.15) is 11.5 Å². The van der Waals surface area contributed by atoms with Crippen molar-refractivity contribution < 1.29 is 9.47 Å². The van der Waals surface area contributed by atoms with E-state index in [2.05, 4.69) is 41.3 Å². The number of aryl methyl sites for hydroxylation is 1. The highest BCUT2D eigenvalue weighted by molar-refractivity contribution is 14.0. The minimum atomic E-state index is 0. The van der Waals surface area contributed by atoms with Crippen LogP contribution in [0.1, 0.15) is 17.5 Å². The van der Waals surface area contributed by atoms with Gasteiger partial charge in [0.15, 0.2) is 5.96 Å². The molecule has 1 aliphatic rings. The number of hydrogen-bond donors (Lipinski definition) is 1. The minimum Gasteiger partial charge on any atom is -0.457 e. The Balaban J connectivity index is 0.00000280. The van der Waals surface area contributed by atoms with Gasteiger partial charge >= 0.3 is 0 Å². The molecule has 0 amide bonds. The van der Waals surface area contributed by atoms with Crippen molar-refractivity contribution in [3.05, 3.63) is 59.7 Å². The van der Waals surface area contributed by atoms with Crippen molar-refractivity contribution in [2.45, 2.75) is 19.9 Å². The fourth-order valence-corrected chi connectivity index (χ4v) is 3.32. The Kier molecular flexibility index (Phi) is 9.05. The SMILES string of the molecule is CN=C(NCc1ccccc1Oc1cccc(C)c1)N(C)CC1CCOC1.I. The first-order valence-electron chi connectivity index (χ1n) is 9.47. The van der Waals surface area contributed by atoms with Crippen molar-refractivity contribution in [2.75, 3.05) is 33.9 Å². The molecular weight excluding hydrogens is 465 g/mol. The second kappa shape index (κ2) is 11.3. The minimum absolute atomic E-state index is 0. The summed E-state index contributed by atoms with van der Waals surface area (Å²) in [6.45, 7) is 5.37. The number of nitrogens with one attached hydrogen (secondary N) is 1. The first-order valence-corrected chi connectivity index (χ1v) is 9.47. The number of hydrogen-bond acceptors (Lipinski definition) is 3. The Labute approximate surface area is 185 Å². The third-order valence-corrected chi connectivity index (χ3v) is 4.76. The first kappa shape index (κ1) is 22.5. The van der Waals surface area contributed by atoms with Crippen LogP contribution in [0, 0.1) is 12.8 Å². The fourth-order valence-electron chi connectivity index (χ4n) is 3.32. The zero-order chi connectivity index (χ0) is 19.1. The Bertz CT molecular complexity index is 776. The molecule has 1 unspecified atom stereocenters. The lowest BCUT2D eigenvalue weighted by molar-refractivity contribution is 0.181. The third-order valence-electron chi connectivity index (χ3n) is 4.76. The van der Waals surface area contributed by atoms with Crippen LogP contribution in [0.5, 0.6) is 11.5 Å². The van der Waals surface area contributed by atoms with Gasteiger partial charge in [0.25, 0.3) is 0 Å². The van der Waals surface area contributed by atoms with Crippen molar-refractivity contribution in [3.63, 3.8) is 0 Å². The number of rotatable bonds is 6. The Morgan fingerprint density at radius 3 is 2.79 bits per heavy atom. The van der Waals surface area contributed by atoms with Crippen LogP contribution in [0.3, 0.4) is 0 Å². The van der Waals surface area contributed by atoms with Gasteiger partial charge in [0, 0.05) is 45.3 Å². The van der Waals surface area contributed by atoms with E-state index in [0.29, 0.717) is 12.5 Å². The van der Waals surface area contributed by atoms with E-state index in [1.54, 1.807) is 0 Å². The van der Waals surface area contributed by atoms with Gasteiger partial charge in [-0.1, -0.05) is 30.3 Å². The number of nitrogens with zero attached hydrogens (tertiary/aromatic N) is 2. The largest absolute Gasteiger partial charge is 0.457 e. The molecule has 1 N–H and O–H groups in total. The Hall–Kier alpha value is -1.80. The summed E-state index contributed by atoms with van der Waals surface area (Å²) in [4.78, 5) is 6.59. The van der Waals surface area contributed by atoms with Crippen LogP contribution in [0.2, 0.25) is 0 Å². The zero-order valence-corrected chi connectivity index (χ0v) is 19.2. The topological polar surface area (TPSA) is 46.1 Å². The molecule has 1 atom stereocenters. The van der Waals surface area contributed by atoms with Crippen LogP contribution in [0.25, 0.3) is 0 Å². The molecule has 0 aliphatic carbocycles. The van der Waals surface area contributed by atoms with E-state index < -0.39 is 0 Å². The monoisotopic (exact) mass is 495 g/mol. The summed E-state index contributed by atoms with van der Waals surface area (Å²) in [5.41, 5.74) is 2.28. The summed E-state index contributed by atoms with van der Waals surface area (Å²) in [6.07, 6.45) is 1.12. The number of guanidine groups is 1. The lowest BCUT2D eigenvalue weighted by Crippen LogP contribution is -2.41.